The number of carbonyl (C=O) groups excluding carboxylic acids is 1. The molecule has 0 atom stereocenters. The molecule has 34 heavy (non-hydrogen) atoms. The van der Waals surface area contributed by atoms with Crippen molar-refractivity contribution in [2.45, 2.75) is 18.9 Å². The largest absolute Gasteiger partial charge is 0.339 e. The van der Waals surface area contributed by atoms with Crippen molar-refractivity contribution in [2.75, 3.05) is 27.2 Å². The zero-order valence-corrected chi connectivity index (χ0v) is 19.5. The maximum absolute atomic E-state index is 12.8. The van der Waals surface area contributed by atoms with Crippen molar-refractivity contribution in [3.8, 4) is 17.3 Å². The summed E-state index contributed by atoms with van der Waals surface area (Å²) in [4.78, 5) is 24.5. The van der Waals surface area contributed by atoms with Crippen molar-refractivity contribution < 1.29 is 4.79 Å². The number of hydrogen-bond acceptors (Lipinski definition) is 5. The minimum Gasteiger partial charge on any atom is -0.339 e. The van der Waals surface area contributed by atoms with Crippen LogP contribution in [0.25, 0.3) is 17.3 Å². The van der Waals surface area contributed by atoms with E-state index < -0.39 is 0 Å². The number of nitrogens with one attached hydrogen (secondary N) is 2. The van der Waals surface area contributed by atoms with Crippen LogP contribution in [0.1, 0.15) is 40.2 Å². The summed E-state index contributed by atoms with van der Waals surface area (Å²) in [6.45, 7) is 1.55. The summed E-state index contributed by atoms with van der Waals surface area (Å²) in [5, 5.41) is 17.3. The zero-order valence-electron chi connectivity index (χ0n) is 19.5. The lowest BCUT2D eigenvalue weighted by Crippen LogP contribution is -2.44. The Kier molecular flexibility index (Phi) is 7.00. The van der Waals surface area contributed by atoms with Gasteiger partial charge in [-0.15, -0.1) is 0 Å². The van der Waals surface area contributed by atoms with Gasteiger partial charge in [-0.25, -0.2) is 4.98 Å². The Morgan fingerprint density at radius 3 is 2.38 bits per heavy atom. The number of nitriles is 1. The first-order valence-corrected chi connectivity index (χ1v) is 11.3. The van der Waals surface area contributed by atoms with Crippen molar-refractivity contribution in [2.24, 2.45) is 0 Å². The first-order valence-electron chi connectivity index (χ1n) is 11.3. The fourth-order valence-electron chi connectivity index (χ4n) is 4.11. The number of benzene rings is 2. The van der Waals surface area contributed by atoms with Gasteiger partial charge in [0, 0.05) is 24.7 Å². The second kappa shape index (κ2) is 10.3. The van der Waals surface area contributed by atoms with Crippen LogP contribution in [0.2, 0.25) is 0 Å². The minimum absolute atomic E-state index is 0.0525. The molecular weight excluding hydrogens is 424 g/mol. The van der Waals surface area contributed by atoms with E-state index in [-0.39, 0.29) is 5.91 Å². The molecule has 0 spiro atoms. The van der Waals surface area contributed by atoms with Crippen molar-refractivity contribution >= 4 is 17.7 Å². The van der Waals surface area contributed by atoms with Crippen LogP contribution < -0.4 is 0 Å². The molecule has 7 nitrogen and oxygen atoms in total. The number of likely N-dealkylation sites (tertiary alicyclic amines) is 1. The van der Waals surface area contributed by atoms with Gasteiger partial charge in [-0.2, -0.15) is 5.26 Å². The van der Waals surface area contributed by atoms with E-state index in [1.165, 1.54) is 0 Å². The summed E-state index contributed by atoms with van der Waals surface area (Å²) in [7, 11) is 4.18. The van der Waals surface area contributed by atoms with Gasteiger partial charge >= 0.3 is 0 Å². The maximum Gasteiger partial charge on any atom is 0.253 e. The highest BCUT2D eigenvalue weighted by Crippen LogP contribution is 2.19. The molecule has 1 amide bonds. The Labute approximate surface area is 199 Å². The second-order valence-electron chi connectivity index (χ2n) is 8.68. The zero-order chi connectivity index (χ0) is 24.1. The van der Waals surface area contributed by atoms with Gasteiger partial charge in [0.05, 0.1) is 29.2 Å². The number of nitrogens with zero attached hydrogens (tertiary/aromatic N) is 4. The van der Waals surface area contributed by atoms with Crippen LogP contribution in [0.5, 0.6) is 0 Å². The molecule has 1 aromatic heterocycles. The summed E-state index contributed by atoms with van der Waals surface area (Å²) >= 11 is 0. The van der Waals surface area contributed by atoms with Crippen LogP contribution in [0.15, 0.2) is 60.8 Å². The molecule has 1 aliphatic heterocycles. The SMILES string of the molecule is CN(C)C1CCN(C(=O)c2ccc(C(=N)/C=C\c3ncc(-c4ccc(C#N)cc4)[nH]3)cc2)CC1. The van der Waals surface area contributed by atoms with E-state index in [9.17, 15) is 4.79 Å². The fraction of sp³-hybridized carbons (Fsp3) is 0.259. The standard InChI is InChI=1S/C27H28N6O/c1-32(2)23-13-15-33(16-14-23)27(34)22-9-7-20(8-10-22)24(29)11-12-26-30-18-25(31-26)21-5-3-19(17-28)4-6-21/h3-12,18,23,29H,13-16H2,1-2H3,(H,30,31)/b12-11-,29-24?. The van der Waals surface area contributed by atoms with E-state index in [2.05, 4.69) is 35.0 Å². The molecule has 1 aliphatic rings. The molecule has 172 valence electrons. The maximum atomic E-state index is 12.8. The lowest BCUT2D eigenvalue weighted by molar-refractivity contribution is 0.0663. The smallest absolute Gasteiger partial charge is 0.253 e. The number of piperidine rings is 1. The molecule has 3 aromatic rings. The third kappa shape index (κ3) is 5.30. The van der Waals surface area contributed by atoms with Gasteiger partial charge in [0.15, 0.2) is 0 Å². The summed E-state index contributed by atoms with van der Waals surface area (Å²) in [5.74, 6) is 0.689. The molecule has 2 heterocycles. The Balaban J connectivity index is 1.36. The molecule has 0 unspecified atom stereocenters. The van der Waals surface area contributed by atoms with E-state index >= 15 is 0 Å². The highest BCUT2D eigenvalue weighted by Gasteiger charge is 2.24. The van der Waals surface area contributed by atoms with Crippen molar-refractivity contribution in [1.82, 2.24) is 19.8 Å². The predicted octanol–water partition coefficient (Wildman–Crippen LogP) is 4.20. The molecule has 0 bridgehead atoms. The quantitative estimate of drug-likeness (QED) is 0.548. The van der Waals surface area contributed by atoms with Crippen LogP contribution in [-0.4, -0.2) is 64.6 Å². The fourth-order valence-corrected chi connectivity index (χ4v) is 4.11. The molecule has 7 heteroatoms. The predicted molar refractivity (Wildman–Crippen MR) is 134 cm³/mol. The first-order chi connectivity index (χ1) is 16.4. The molecule has 1 fully saturated rings. The number of hydrogen-bond donors (Lipinski definition) is 2. The van der Waals surface area contributed by atoms with Crippen LogP contribution in [0, 0.1) is 16.7 Å². The number of H-pyrrole nitrogens is 1. The summed E-state index contributed by atoms with van der Waals surface area (Å²) in [6, 6.07) is 17.1. The first kappa shape index (κ1) is 23.1. The van der Waals surface area contributed by atoms with E-state index in [0.29, 0.717) is 28.7 Å². The average molecular weight is 453 g/mol. The summed E-state index contributed by atoms with van der Waals surface area (Å²) in [6.07, 6.45) is 7.15. The Bertz CT molecular complexity index is 1220. The normalized spacial score (nSPS) is 14.5. The molecule has 2 aromatic carbocycles. The Morgan fingerprint density at radius 2 is 1.76 bits per heavy atom. The van der Waals surface area contributed by atoms with Crippen LogP contribution in [0.4, 0.5) is 0 Å². The van der Waals surface area contributed by atoms with Crippen molar-refractivity contribution in [1.29, 1.82) is 10.7 Å². The molecule has 2 N–H and O–H groups in total. The third-order valence-electron chi connectivity index (χ3n) is 6.25. The average Bonchev–Trinajstić information content (AvgIpc) is 3.36. The number of amides is 1. The van der Waals surface area contributed by atoms with E-state index in [1.54, 1.807) is 42.6 Å². The topological polar surface area (TPSA) is 99.9 Å². The highest BCUT2D eigenvalue weighted by molar-refractivity contribution is 6.09. The van der Waals surface area contributed by atoms with Gasteiger partial charge in [0.2, 0.25) is 0 Å². The summed E-state index contributed by atoms with van der Waals surface area (Å²) < 4.78 is 0. The highest BCUT2D eigenvalue weighted by atomic mass is 16.2. The minimum atomic E-state index is 0.0525. The molecule has 4 rings (SSSR count). The van der Waals surface area contributed by atoms with E-state index in [4.69, 9.17) is 10.7 Å². The van der Waals surface area contributed by atoms with Gasteiger partial charge in [-0.3, -0.25) is 4.79 Å². The van der Waals surface area contributed by atoms with Crippen LogP contribution in [0.3, 0.4) is 0 Å². The molecule has 0 aliphatic carbocycles. The van der Waals surface area contributed by atoms with Crippen LogP contribution >= 0.6 is 0 Å². The molecule has 1 saturated heterocycles. The third-order valence-corrected chi connectivity index (χ3v) is 6.25. The molecular formula is C27H28N6O. The number of rotatable bonds is 6. The van der Waals surface area contributed by atoms with Crippen molar-refractivity contribution in [3.05, 3.63) is 83.3 Å². The molecule has 0 saturated carbocycles. The summed E-state index contributed by atoms with van der Waals surface area (Å²) in [5.41, 5.74) is 4.11. The van der Waals surface area contributed by atoms with E-state index in [1.807, 2.05) is 29.2 Å². The lowest BCUT2D eigenvalue weighted by atomic mass is 10.0. The van der Waals surface area contributed by atoms with Gasteiger partial charge in [-0.05, 0) is 74.5 Å². The van der Waals surface area contributed by atoms with E-state index in [0.717, 1.165) is 42.8 Å². The van der Waals surface area contributed by atoms with Crippen LogP contribution in [-0.2, 0) is 0 Å². The Hall–Kier alpha value is -4.02. The van der Waals surface area contributed by atoms with Gasteiger partial charge < -0.3 is 20.2 Å². The number of allylic oxidation sites excluding steroid dienone is 1. The number of carbonyl (C=O) groups is 1. The monoisotopic (exact) mass is 452 g/mol. The molecule has 0 radical (unpaired) electrons. The Morgan fingerprint density at radius 1 is 1.12 bits per heavy atom. The van der Waals surface area contributed by atoms with Crippen molar-refractivity contribution in [3.63, 3.8) is 0 Å². The van der Waals surface area contributed by atoms with Gasteiger partial charge in [0.25, 0.3) is 5.91 Å². The van der Waals surface area contributed by atoms with Gasteiger partial charge in [0.1, 0.15) is 5.82 Å². The second-order valence-corrected chi connectivity index (χ2v) is 8.68. The number of aromatic nitrogens is 2. The number of aromatic amines is 1. The number of imidazole rings is 1. The van der Waals surface area contributed by atoms with Gasteiger partial charge in [-0.1, -0.05) is 24.3 Å². The lowest BCUT2D eigenvalue weighted by Gasteiger charge is -2.35.